The van der Waals surface area contributed by atoms with Gasteiger partial charge >= 0.3 is 12.4 Å². The van der Waals surface area contributed by atoms with E-state index < -0.39 is 16.2 Å². The molecule has 96 valence electrons. The number of alkyl halides is 3. The van der Waals surface area contributed by atoms with Crippen LogP contribution in [0.25, 0.3) is 0 Å². The first kappa shape index (κ1) is 16.3. The highest BCUT2D eigenvalue weighted by molar-refractivity contribution is 6.75. The molecule has 0 N–H and O–H groups in total. The van der Waals surface area contributed by atoms with Gasteiger partial charge in [0.15, 0.2) is 0 Å². The second-order valence-electron chi connectivity index (χ2n) is 2.93. The van der Waals surface area contributed by atoms with Gasteiger partial charge in [0.05, 0.1) is 13.2 Å². The summed E-state index contributed by atoms with van der Waals surface area (Å²) in [7, 11) is 0. The molecule has 0 aliphatic rings. The molecule has 0 atom stereocenters. The molecule has 4 nitrogen and oxygen atoms in total. The standard InChI is InChI=1S/C9H15Cl3O4/c1-3-5-14-8(15-6-4-2)16-7(13)9(10,11)12/h8H,3-6H2,1-2H3. The number of hydrogen-bond donors (Lipinski definition) is 0. The highest BCUT2D eigenvalue weighted by Gasteiger charge is 2.35. The lowest BCUT2D eigenvalue weighted by Crippen LogP contribution is -2.31. The summed E-state index contributed by atoms with van der Waals surface area (Å²) >= 11 is 16.0. The minimum atomic E-state index is -2.12. The van der Waals surface area contributed by atoms with E-state index in [0.717, 1.165) is 12.8 Å². The molecule has 0 saturated carbocycles. The molecule has 0 aliphatic carbocycles. The number of carbonyl (C=O) groups is 1. The Kier molecular flexibility index (Phi) is 8.50. The van der Waals surface area contributed by atoms with E-state index >= 15 is 0 Å². The van der Waals surface area contributed by atoms with E-state index in [1.807, 2.05) is 13.8 Å². The fraction of sp³-hybridized carbons (Fsp3) is 0.889. The molecule has 0 fully saturated rings. The Bertz CT molecular complexity index is 197. The first-order chi connectivity index (χ1) is 7.41. The van der Waals surface area contributed by atoms with Gasteiger partial charge < -0.3 is 14.2 Å². The van der Waals surface area contributed by atoms with Crippen LogP contribution in [0.4, 0.5) is 0 Å². The van der Waals surface area contributed by atoms with E-state index in [1.165, 1.54) is 0 Å². The van der Waals surface area contributed by atoms with Crippen molar-refractivity contribution in [1.29, 1.82) is 0 Å². The first-order valence-electron chi connectivity index (χ1n) is 4.92. The number of carbonyl (C=O) groups excluding carboxylic acids is 1. The van der Waals surface area contributed by atoms with Crippen LogP contribution in [0.2, 0.25) is 0 Å². The van der Waals surface area contributed by atoms with Crippen molar-refractivity contribution in [2.24, 2.45) is 0 Å². The van der Waals surface area contributed by atoms with E-state index in [-0.39, 0.29) is 0 Å². The van der Waals surface area contributed by atoms with Crippen molar-refractivity contribution in [2.75, 3.05) is 13.2 Å². The predicted molar refractivity (Wildman–Crippen MR) is 62.7 cm³/mol. The highest BCUT2D eigenvalue weighted by atomic mass is 35.6. The smallest absolute Gasteiger partial charge is 0.362 e. The fourth-order valence-corrected chi connectivity index (χ4v) is 0.832. The number of ether oxygens (including phenoxy) is 3. The summed E-state index contributed by atoms with van der Waals surface area (Å²) in [6.45, 7) is 3.48. The topological polar surface area (TPSA) is 44.8 Å². The highest BCUT2D eigenvalue weighted by Crippen LogP contribution is 2.28. The van der Waals surface area contributed by atoms with E-state index in [2.05, 4.69) is 0 Å². The summed E-state index contributed by atoms with van der Waals surface area (Å²) in [6, 6.07) is 0. The minimum absolute atomic E-state index is 0.390. The van der Waals surface area contributed by atoms with Crippen molar-refractivity contribution >= 4 is 40.8 Å². The molecule has 0 aromatic rings. The Morgan fingerprint density at radius 1 is 1.12 bits per heavy atom. The molecule has 0 spiro atoms. The molecule has 7 heteroatoms. The predicted octanol–water partition coefficient (Wildman–Crippen LogP) is 3.04. The van der Waals surface area contributed by atoms with E-state index in [4.69, 9.17) is 49.0 Å². The molecule has 0 unspecified atom stereocenters. The lowest BCUT2D eigenvalue weighted by atomic mass is 10.5. The van der Waals surface area contributed by atoms with Gasteiger partial charge in [-0.15, -0.1) is 0 Å². The van der Waals surface area contributed by atoms with Crippen molar-refractivity contribution in [3.05, 3.63) is 0 Å². The van der Waals surface area contributed by atoms with Crippen molar-refractivity contribution < 1.29 is 19.0 Å². The van der Waals surface area contributed by atoms with Gasteiger partial charge in [-0.3, -0.25) is 0 Å². The number of esters is 1. The molecule has 0 radical (unpaired) electrons. The van der Waals surface area contributed by atoms with Crippen LogP contribution in [0.5, 0.6) is 0 Å². The second kappa shape index (κ2) is 8.37. The summed E-state index contributed by atoms with van der Waals surface area (Å²) in [6.07, 6.45) is 1.52. The zero-order valence-electron chi connectivity index (χ0n) is 9.17. The summed E-state index contributed by atoms with van der Waals surface area (Å²) in [4.78, 5) is 11.2. The van der Waals surface area contributed by atoms with E-state index in [9.17, 15) is 4.79 Å². The van der Waals surface area contributed by atoms with Crippen LogP contribution in [0.3, 0.4) is 0 Å². The normalized spacial score (nSPS) is 11.9. The minimum Gasteiger partial charge on any atom is -0.407 e. The van der Waals surface area contributed by atoms with Gasteiger partial charge in [-0.2, -0.15) is 0 Å². The maximum absolute atomic E-state index is 11.2. The van der Waals surface area contributed by atoms with Crippen LogP contribution < -0.4 is 0 Å². The van der Waals surface area contributed by atoms with Gasteiger partial charge in [-0.25, -0.2) is 4.79 Å². The number of halogens is 3. The Morgan fingerprint density at radius 2 is 1.56 bits per heavy atom. The molecule has 0 amide bonds. The molecule has 0 aromatic heterocycles. The summed E-state index contributed by atoms with van der Waals surface area (Å²) < 4.78 is 12.9. The van der Waals surface area contributed by atoms with Crippen LogP contribution in [0.1, 0.15) is 26.7 Å². The number of rotatable bonds is 7. The largest absolute Gasteiger partial charge is 0.407 e. The quantitative estimate of drug-likeness (QED) is 0.411. The van der Waals surface area contributed by atoms with Crippen molar-refractivity contribution in [2.45, 2.75) is 37.0 Å². The van der Waals surface area contributed by atoms with Gasteiger partial charge in [0.2, 0.25) is 0 Å². The van der Waals surface area contributed by atoms with Gasteiger partial charge in [-0.05, 0) is 12.8 Å². The maximum atomic E-state index is 11.2. The molecular formula is C9H15Cl3O4. The zero-order chi connectivity index (χ0) is 12.6. The Labute approximate surface area is 110 Å². The van der Waals surface area contributed by atoms with Crippen molar-refractivity contribution in [3.63, 3.8) is 0 Å². The third kappa shape index (κ3) is 7.52. The summed E-state index contributed by atoms with van der Waals surface area (Å²) in [5, 5.41) is 0. The molecule has 0 rings (SSSR count). The van der Waals surface area contributed by atoms with Crippen LogP contribution in [0, 0.1) is 0 Å². The molecule has 16 heavy (non-hydrogen) atoms. The van der Waals surface area contributed by atoms with Gasteiger partial charge in [-0.1, -0.05) is 48.7 Å². The molecule has 0 aromatic carbocycles. The lowest BCUT2D eigenvalue weighted by molar-refractivity contribution is -0.275. The number of hydrogen-bond acceptors (Lipinski definition) is 4. The molecule has 0 heterocycles. The average Bonchev–Trinajstić information content (AvgIpc) is 2.20. The van der Waals surface area contributed by atoms with Crippen molar-refractivity contribution in [3.8, 4) is 0 Å². The molecule has 0 aliphatic heterocycles. The van der Waals surface area contributed by atoms with Crippen molar-refractivity contribution in [1.82, 2.24) is 0 Å². The molecule has 0 bridgehead atoms. The van der Waals surface area contributed by atoms with Gasteiger partial charge in [0.25, 0.3) is 3.79 Å². The van der Waals surface area contributed by atoms with Gasteiger partial charge in [0.1, 0.15) is 0 Å². The third-order valence-electron chi connectivity index (χ3n) is 1.35. The fourth-order valence-electron chi connectivity index (χ4n) is 0.699. The van der Waals surface area contributed by atoms with Crippen LogP contribution in [-0.2, 0) is 19.0 Å². The molecule has 0 saturated heterocycles. The SMILES string of the molecule is CCCOC(OCCC)OC(=O)C(Cl)(Cl)Cl. The monoisotopic (exact) mass is 292 g/mol. The Hall–Kier alpha value is 0.260. The molecular weight excluding hydrogens is 278 g/mol. The van der Waals surface area contributed by atoms with Crippen LogP contribution in [-0.4, -0.2) is 29.5 Å². The first-order valence-corrected chi connectivity index (χ1v) is 6.06. The zero-order valence-corrected chi connectivity index (χ0v) is 11.4. The summed E-state index contributed by atoms with van der Waals surface area (Å²) in [5.41, 5.74) is 0. The second-order valence-corrected chi connectivity index (χ2v) is 5.21. The Morgan fingerprint density at radius 3 is 1.88 bits per heavy atom. The van der Waals surface area contributed by atoms with Crippen LogP contribution in [0.15, 0.2) is 0 Å². The Balaban J connectivity index is 4.13. The van der Waals surface area contributed by atoms with Gasteiger partial charge in [0, 0.05) is 0 Å². The van der Waals surface area contributed by atoms with E-state index in [0.29, 0.717) is 13.2 Å². The third-order valence-corrected chi connectivity index (χ3v) is 1.81. The lowest BCUT2D eigenvalue weighted by Gasteiger charge is -2.20. The average molecular weight is 294 g/mol. The van der Waals surface area contributed by atoms with Crippen LogP contribution >= 0.6 is 34.8 Å². The maximum Gasteiger partial charge on any atom is 0.362 e. The summed E-state index contributed by atoms with van der Waals surface area (Å²) in [5.74, 6) is -1.02. The van der Waals surface area contributed by atoms with E-state index in [1.54, 1.807) is 0 Å².